The van der Waals surface area contributed by atoms with E-state index in [-0.39, 0.29) is 0 Å². The normalized spacial score (nSPS) is 25.6. The molecule has 1 aliphatic rings. The van der Waals surface area contributed by atoms with E-state index in [1.165, 1.54) is 5.56 Å². The largest absolute Gasteiger partial charge is 0.389 e. The lowest BCUT2D eigenvalue weighted by atomic mass is 10.0. The smallest absolute Gasteiger partial charge is 0.0938 e. The average molecular weight is 264 g/mol. The Hall–Kier alpha value is -0.940. The van der Waals surface area contributed by atoms with Crippen molar-refractivity contribution in [3.05, 3.63) is 35.9 Å². The Bertz CT molecular complexity index is 362. The lowest BCUT2D eigenvalue weighted by molar-refractivity contribution is 0.0572. The molecule has 0 aromatic heterocycles. The molecule has 1 aromatic carbocycles. The zero-order chi connectivity index (χ0) is 13.7. The monoisotopic (exact) mass is 264 g/mol. The Kier molecular flexibility index (Phi) is 5.34. The number of hydrogen-bond acceptors (Lipinski definition) is 4. The fourth-order valence-electron chi connectivity index (χ4n) is 2.66. The van der Waals surface area contributed by atoms with Crippen molar-refractivity contribution < 1.29 is 10.2 Å². The second kappa shape index (κ2) is 7.01. The molecule has 0 aliphatic carbocycles. The molecule has 4 heteroatoms. The molecule has 0 bridgehead atoms. The van der Waals surface area contributed by atoms with E-state index in [9.17, 15) is 10.2 Å². The molecule has 0 amide bonds. The zero-order valence-corrected chi connectivity index (χ0v) is 11.5. The lowest BCUT2D eigenvalue weighted by Gasteiger charge is -2.22. The molecule has 1 aliphatic heterocycles. The van der Waals surface area contributed by atoms with Crippen molar-refractivity contribution in [3.63, 3.8) is 0 Å². The Morgan fingerprint density at radius 3 is 2.42 bits per heavy atom. The highest BCUT2D eigenvalue weighted by molar-refractivity contribution is 5.18. The minimum Gasteiger partial charge on any atom is -0.389 e. The van der Waals surface area contributed by atoms with Crippen LogP contribution in [-0.2, 0) is 0 Å². The molecule has 0 spiro atoms. The van der Waals surface area contributed by atoms with Crippen LogP contribution in [0.5, 0.6) is 0 Å². The van der Waals surface area contributed by atoms with Gasteiger partial charge in [0.25, 0.3) is 0 Å². The van der Waals surface area contributed by atoms with E-state index >= 15 is 0 Å². The van der Waals surface area contributed by atoms with E-state index < -0.39 is 12.2 Å². The summed E-state index contributed by atoms with van der Waals surface area (Å²) in [5.74, 6) is 0. The number of aliphatic hydroxyl groups is 2. The summed E-state index contributed by atoms with van der Waals surface area (Å²) in [4.78, 5) is 2.13. The Morgan fingerprint density at radius 2 is 1.84 bits per heavy atom. The first-order chi connectivity index (χ1) is 9.20. The van der Waals surface area contributed by atoms with Gasteiger partial charge in [0, 0.05) is 25.7 Å². The predicted molar refractivity (Wildman–Crippen MR) is 75.9 cm³/mol. The van der Waals surface area contributed by atoms with Crippen LogP contribution in [-0.4, -0.2) is 53.5 Å². The van der Waals surface area contributed by atoms with Crippen molar-refractivity contribution >= 4 is 0 Å². The predicted octanol–water partition coefficient (Wildman–Crippen LogP) is 0.765. The van der Waals surface area contributed by atoms with Gasteiger partial charge < -0.3 is 15.5 Å². The molecule has 1 heterocycles. The first kappa shape index (κ1) is 14.5. The summed E-state index contributed by atoms with van der Waals surface area (Å²) in [7, 11) is 0. The maximum atomic E-state index is 9.55. The summed E-state index contributed by atoms with van der Waals surface area (Å²) in [6.07, 6.45) is -0.194. The fourth-order valence-corrected chi connectivity index (χ4v) is 2.66. The van der Waals surface area contributed by atoms with E-state index in [1.807, 2.05) is 6.07 Å². The van der Waals surface area contributed by atoms with Gasteiger partial charge in [0.1, 0.15) is 0 Å². The molecule has 1 fully saturated rings. The SMILES string of the molecule is CCNC(CCN1CC(O)C(O)C1)c1ccccc1. The van der Waals surface area contributed by atoms with Crippen LogP contribution in [0.2, 0.25) is 0 Å². The van der Waals surface area contributed by atoms with Gasteiger partial charge in [-0.25, -0.2) is 0 Å². The Morgan fingerprint density at radius 1 is 1.21 bits per heavy atom. The van der Waals surface area contributed by atoms with Crippen molar-refractivity contribution in [3.8, 4) is 0 Å². The van der Waals surface area contributed by atoms with Gasteiger partial charge in [0.2, 0.25) is 0 Å². The second-order valence-electron chi connectivity index (χ2n) is 5.20. The number of rotatable bonds is 6. The van der Waals surface area contributed by atoms with Crippen molar-refractivity contribution in [2.24, 2.45) is 0 Å². The maximum Gasteiger partial charge on any atom is 0.0938 e. The molecule has 1 aromatic rings. The van der Waals surface area contributed by atoms with Gasteiger partial charge in [-0.2, -0.15) is 0 Å². The Labute approximate surface area is 115 Å². The van der Waals surface area contributed by atoms with Crippen LogP contribution in [0.3, 0.4) is 0 Å². The first-order valence-corrected chi connectivity index (χ1v) is 7.07. The molecule has 3 atom stereocenters. The number of benzene rings is 1. The van der Waals surface area contributed by atoms with Gasteiger partial charge in [-0.3, -0.25) is 4.90 Å². The first-order valence-electron chi connectivity index (χ1n) is 7.07. The highest BCUT2D eigenvalue weighted by Crippen LogP contribution is 2.18. The number of β-amino-alcohol motifs (C(OH)–C–C–N with tert-alkyl or cyclic N) is 2. The van der Waals surface area contributed by atoms with Crippen LogP contribution in [0.1, 0.15) is 24.9 Å². The molecule has 0 radical (unpaired) electrons. The highest BCUT2D eigenvalue weighted by atomic mass is 16.3. The molecule has 2 rings (SSSR count). The molecule has 106 valence electrons. The van der Waals surface area contributed by atoms with Crippen LogP contribution in [0.4, 0.5) is 0 Å². The molecule has 19 heavy (non-hydrogen) atoms. The molecule has 3 unspecified atom stereocenters. The van der Waals surface area contributed by atoms with Crippen LogP contribution >= 0.6 is 0 Å². The highest BCUT2D eigenvalue weighted by Gasteiger charge is 2.29. The van der Waals surface area contributed by atoms with E-state index in [0.29, 0.717) is 19.1 Å². The fraction of sp³-hybridized carbons (Fsp3) is 0.600. The van der Waals surface area contributed by atoms with Crippen LogP contribution in [0.15, 0.2) is 30.3 Å². The van der Waals surface area contributed by atoms with Gasteiger partial charge >= 0.3 is 0 Å². The average Bonchev–Trinajstić information content (AvgIpc) is 2.75. The Balaban J connectivity index is 1.88. The number of nitrogens with zero attached hydrogens (tertiary/aromatic N) is 1. The van der Waals surface area contributed by atoms with Crippen molar-refractivity contribution in [2.75, 3.05) is 26.2 Å². The summed E-state index contributed by atoms with van der Waals surface area (Å²) in [5.41, 5.74) is 1.30. The van der Waals surface area contributed by atoms with Gasteiger partial charge in [-0.05, 0) is 18.5 Å². The third kappa shape index (κ3) is 4.01. The molecule has 1 saturated heterocycles. The van der Waals surface area contributed by atoms with Gasteiger partial charge in [-0.15, -0.1) is 0 Å². The molecule has 3 N–H and O–H groups in total. The van der Waals surface area contributed by atoms with Crippen molar-refractivity contribution in [1.82, 2.24) is 10.2 Å². The quantitative estimate of drug-likeness (QED) is 0.710. The van der Waals surface area contributed by atoms with Crippen LogP contribution in [0.25, 0.3) is 0 Å². The van der Waals surface area contributed by atoms with Crippen molar-refractivity contribution in [1.29, 1.82) is 0 Å². The van der Waals surface area contributed by atoms with Crippen LogP contribution in [0, 0.1) is 0 Å². The van der Waals surface area contributed by atoms with Gasteiger partial charge in [-0.1, -0.05) is 37.3 Å². The topological polar surface area (TPSA) is 55.7 Å². The van der Waals surface area contributed by atoms with Crippen LogP contribution < -0.4 is 5.32 Å². The van der Waals surface area contributed by atoms with Gasteiger partial charge in [0.15, 0.2) is 0 Å². The maximum absolute atomic E-state index is 9.55. The molecule has 0 saturated carbocycles. The third-order valence-corrected chi connectivity index (χ3v) is 3.72. The van der Waals surface area contributed by atoms with E-state index in [2.05, 4.69) is 41.4 Å². The summed E-state index contributed by atoms with van der Waals surface area (Å²) in [5, 5.41) is 22.6. The molecule has 4 nitrogen and oxygen atoms in total. The molecular weight excluding hydrogens is 240 g/mol. The standard InChI is InChI=1S/C15H24N2O2/c1-2-16-13(12-6-4-3-5-7-12)8-9-17-10-14(18)15(19)11-17/h3-7,13-16,18-19H,2,8-11H2,1H3. The minimum absolute atomic E-state index is 0.334. The van der Waals surface area contributed by atoms with Crippen molar-refractivity contribution in [2.45, 2.75) is 31.6 Å². The minimum atomic E-state index is -0.589. The number of nitrogens with one attached hydrogen (secondary N) is 1. The van der Waals surface area contributed by atoms with E-state index in [1.54, 1.807) is 0 Å². The third-order valence-electron chi connectivity index (χ3n) is 3.72. The summed E-state index contributed by atoms with van der Waals surface area (Å²) < 4.78 is 0. The summed E-state index contributed by atoms with van der Waals surface area (Å²) >= 11 is 0. The number of likely N-dealkylation sites (tertiary alicyclic amines) is 1. The molecular formula is C15H24N2O2. The number of hydrogen-bond donors (Lipinski definition) is 3. The lowest BCUT2D eigenvalue weighted by Crippen LogP contribution is -2.29. The summed E-state index contributed by atoms with van der Waals surface area (Å²) in [6, 6.07) is 10.8. The second-order valence-corrected chi connectivity index (χ2v) is 5.20. The zero-order valence-electron chi connectivity index (χ0n) is 11.5. The van der Waals surface area contributed by atoms with E-state index in [4.69, 9.17) is 0 Å². The van der Waals surface area contributed by atoms with E-state index in [0.717, 1.165) is 19.5 Å². The summed E-state index contributed by atoms with van der Waals surface area (Å²) in [6.45, 7) is 5.09. The number of aliphatic hydroxyl groups excluding tert-OH is 2. The van der Waals surface area contributed by atoms with Gasteiger partial charge in [0.05, 0.1) is 12.2 Å².